The fourth-order valence-electron chi connectivity index (χ4n) is 2.71. The first-order chi connectivity index (χ1) is 9.10. The molecular formula is C15H25NO2S. The minimum atomic E-state index is 0.0208. The van der Waals surface area contributed by atoms with Crippen molar-refractivity contribution in [3.05, 3.63) is 22.4 Å². The number of rotatable bonds is 5. The summed E-state index contributed by atoms with van der Waals surface area (Å²) in [6, 6.07) is 4.25. The molecule has 2 heterocycles. The summed E-state index contributed by atoms with van der Waals surface area (Å²) in [7, 11) is 0. The van der Waals surface area contributed by atoms with Crippen molar-refractivity contribution < 1.29 is 9.47 Å². The summed E-state index contributed by atoms with van der Waals surface area (Å²) in [5.41, 5.74) is 6.25. The van der Waals surface area contributed by atoms with E-state index < -0.39 is 0 Å². The van der Waals surface area contributed by atoms with Gasteiger partial charge < -0.3 is 15.2 Å². The summed E-state index contributed by atoms with van der Waals surface area (Å²) in [6.45, 7) is 6.35. The Kier molecular flexibility index (Phi) is 5.39. The molecule has 0 amide bonds. The Morgan fingerprint density at radius 2 is 2.11 bits per heavy atom. The highest BCUT2D eigenvalue weighted by Crippen LogP contribution is 2.31. The molecule has 1 aliphatic heterocycles. The van der Waals surface area contributed by atoms with Gasteiger partial charge >= 0.3 is 0 Å². The van der Waals surface area contributed by atoms with E-state index >= 15 is 0 Å². The summed E-state index contributed by atoms with van der Waals surface area (Å²) in [4.78, 5) is 1.24. The van der Waals surface area contributed by atoms with E-state index in [9.17, 15) is 0 Å². The molecule has 1 fully saturated rings. The molecule has 0 aliphatic carbocycles. The van der Waals surface area contributed by atoms with E-state index in [-0.39, 0.29) is 30.5 Å². The van der Waals surface area contributed by atoms with Crippen molar-refractivity contribution in [2.45, 2.75) is 70.5 Å². The molecule has 0 bridgehead atoms. The summed E-state index contributed by atoms with van der Waals surface area (Å²) >= 11 is 1.73. The normalized spacial score (nSPS) is 31.1. The third kappa shape index (κ3) is 4.02. The third-order valence-corrected chi connectivity index (χ3v) is 4.61. The highest BCUT2D eigenvalue weighted by Gasteiger charge is 2.30. The molecule has 4 unspecified atom stereocenters. The van der Waals surface area contributed by atoms with E-state index in [1.165, 1.54) is 4.88 Å². The topological polar surface area (TPSA) is 44.5 Å². The Morgan fingerprint density at radius 1 is 1.42 bits per heavy atom. The first-order valence-corrected chi connectivity index (χ1v) is 8.08. The van der Waals surface area contributed by atoms with Crippen LogP contribution in [0.15, 0.2) is 17.5 Å². The molecule has 4 atom stereocenters. The zero-order chi connectivity index (χ0) is 13.8. The Hall–Kier alpha value is -0.420. The minimum absolute atomic E-state index is 0.0208. The van der Waals surface area contributed by atoms with Gasteiger partial charge in [0, 0.05) is 10.9 Å². The number of hydrogen-bond acceptors (Lipinski definition) is 4. The number of hydrogen-bond donors (Lipinski definition) is 1. The van der Waals surface area contributed by atoms with Crippen LogP contribution in [-0.4, -0.2) is 24.4 Å². The molecule has 108 valence electrons. The molecule has 1 saturated heterocycles. The van der Waals surface area contributed by atoms with Crippen molar-refractivity contribution in [3.8, 4) is 0 Å². The predicted octanol–water partition coefficient (Wildman–Crippen LogP) is 3.50. The van der Waals surface area contributed by atoms with Crippen LogP contribution in [0.4, 0.5) is 0 Å². The van der Waals surface area contributed by atoms with Crippen molar-refractivity contribution >= 4 is 11.3 Å². The predicted molar refractivity (Wildman–Crippen MR) is 79.4 cm³/mol. The quantitative estimate of drug-likeness (QED) is 0.899. The summed E-state index contributed by atoms with van der Waals surface area (Å²) in [5.74, 6) is 0. The maximum absolute atomic E-state index is 6.33. The van der Waals surface area contributed by atoms with Gasteiger partial charge in [-0.3, -0.25) is 0 Å². The van der Waals surface area contributed by atoms with Gasteiger partial charge in [0.15, 0.2) is 0 Å². The van der Waals surface area contributed by atoms with E-state index in [1.807, 2.05) is 0 Å². The van der Waals surface area contributed by atoms with Crippen LogP contribution in [0.25, 0.3) is 0 Å². The Bertz CT molecular complexity index is 358. The number of nitrogens with two attached hydrogens (primary N) is 1. The lowest BCUT2D eigenvalue weighted by Gasteiger charge is -2.35. The molecule has 19 heavy (non-hydrogen) atoms. The van der Waals surface area contributed by atoms with Gasteiger partial charge in [0.1, 0.15) is 6.10 Å². The fourth-order valence-corrected chi connectivity index (χ4v) is 3.54. The second-order valence-corrected chi connectivity index (χ2v) is 6.47. The lowest BCUT2D eigenvalue weighted by molar-refractivity contribution is -0.126. The standard InChI is InChI=1S/C15H25NO2S/c1-4-13(16)15(14-6-5-7-19-14)18-12-8-10(2)17-11(3)9-12/h5-7,10-13,15H,4,8-9,16H2,1-3H3. The maximum atomic E-state index is 6.33. The van der Waals surface area contributed by atoms with Gasteiger partial charge in [-0.05, 0) is 44.6 Å². The van der Waals surface area contributed by atoms with Gasteiger partial charge in [-0.2, -0.15) is 0 Å². The average Bonchev–Trinajstić information content (AvgIpc) is 2.87. The lowest BCUT2D eigenvalue weighted by atomic mass is 10.0. The van der Waals surface area contributed by atoms with Gasteiger partial charge in [0.05, 0.1) is 18.3 Å². The molecule has 0 saturated carbocycles. The van der Waals surface area contributed by atoms with E-state index in [4.69, 9.17) is 15.2 Å². The second-order valence-electron chi connectivity index (χ2n) is 5.49. The third-order valence-electron chi connectivity index (χ3n) is 3.68. The molecule has 0 spiro atoms. The minimum Gasteiger partial charge on any atom is -0.375 e. The van der Waals surface area contributed by atoms with Crippen molar-refractivity contribution in [3.63, 3.8) is 0 Å². The van der Waals surface area contributed by atoms with Crippen LogP contribution < -0.4 is 5.73 Å². The molecule has 1 aliphatic rings. The first kappa shape index (κ1) is 15.0. The summed E-state index contributed by atoms with van der Waals surface area (Å²) in [6.07, 6.45) is 3.67. The van der Waals surface area contributed by atoms with E-state index in [0.717, 1.165) is 19.3 Å². The fraction of sp³-hybridized carbons (Fsp3) is 0.733. The number of ether oxygens (including phenoxy) is 2. The molecule has 2 N–H and O–H groups in total. The summed E-state index contributed by atoms with van der Waals surface area (Å²) in [5, 5.41) is 2.09. The smallest absolute Gasteiger partial charge is 0.107 e. The Labute approximate surface area is 120 Å². The zero-order valence-electron chi connectivity index (χ0n) is 12.0. The van der Waals surface area contributed by atoms with Crippen LogP contribution >= 0.6 is 11.3 Å². The molecule has 4 heteroatoms. The van der Waals surface area contributed by atoms with Crippen LogP contribution in [0.1, 0.15) is 51.0 Å². The largest absolute Gasteiger partial charge is 0.375 e. The van der Waals surface area contributed by atoms with Gasteiger partial charge in [0.25, 0.3) is 0 Å². The Morgan fingerprint density at radius 3 is 2.63 bits per heavy atom. The first-order valence-electron chi connectivity index (χ1n) is 7.20. The van der Waals surface area contributed by atoms with Crippen LogP contribution in [0.2, 0.25) is 0 Å². The molecule has 2 rings (SSSR count). The van der Waals surface area contributed by atoms with Crippen molar-refractivity contribution in [1.82, 2.24) is 0 Å². The van der Waals surface area contributed by atoms with Crippen LogP contribution in [-0.2, 0) is 9.47 Å². The highest BCUT2D eigenvalue weighted by molar-refractivity contribution is 7.10. The molecule has 0 aromatic carbocycles. The molecule has 1 aromatic rings. The average molecular weight is 283 g/mol. The van der Waals surface area contributed by atoms with Crippen LogP contribution in [0, 0.1) is 0 Å². The van der Waals surface area contributed by atoms with Gasteiger partial charge in [-0.15, -0.1) is 11.3 Å². The highest BCUT2D eigenvalue weighted by atomic mass is 32.1. The summed E-state index contributed by atoms with van der Waals surface area (Å²) < 4.78 is 12.1. The maximum Gasteiger partial charge on any atom is 0.107 e. The number of thiophene rings is 1. The van der Waals surface area contributed by atoms with E-state index in [2.05, 4.69) is 38.3 Å². The van der Waals surface area contributed by atoms with E-state index in [0.29, 0.717) is 0 Å². The van der Waals surface area contributed by atoms with Gasteiger partial charge in [-0.25, -0.2) is 0 Å². The van der Waals surface area contributed by atoms with E-state index in [1.54, 1.807) is 11.3 Å². The second kappa shape index (κ2) is 6.84. The van der Waals surface area contributed by atoms with Crippen molar-refractivity contribution in [2.24, 2.45) is 5.73 Å². The SMILES string of the molecule is CCC(N)C(OC1CC(C)OC(C)C1)c1cccs1. The monoisotopic (exact) mass is 283 g/mol. The van der Waals surface area contributed by atoms with Gasteiger partial charge in [0.2, 0.25) is 0 Å². The van der Waals surface area contributed by atoms with Crippen molar-refractivity contribution in [1.29, 1.82) is 0 Å². The lowest BCUT2D eigenvalue weighted by Crippen LogP contribution is -2.38. The van der Waals surface area contributed by atoms with Crippen LogP contribution in [0.5, 0.6) is 0 Å². The molecular weight excluding hydrogens is 258 g/mol. The van der Waals surface area contributed by atoms with Gasteiger partial charge in [-0.1, -0.05) is 13.0 Å². The zero-order valence-corrected chi connectivity index (χ0v) is 12.9. The van der Waals surface area contributed by atoms with Crippen LogP contribution in [0.3, 0.4) is 0 Å². The molecule has 1 aromatic heterocycles. The van der Waals surface area contributed by atoms with Crippen molar-refractivity contribution in [2.75, 3.05) is 0 Å². The Balaban J connectivity index is 2.03. The molecule has 0 radical (unpaired) electrons. The molecule has 3 nitrogen and oxygen atoms in total.